The molecular weight excluding hydrogens is 241 g/mol. The van der Waals surface area contributed by atoms with E-state index in [-0.39, 0.29) is 11.2 Å². The Morgan fingerprint density at radius 3 is 2.68 bits per heavy atom. The summed E-state index contributed by atoms with van der Waals surface area (Å²) in [6.45, 7) is 10.9. The topological polar surface area (TPSA) is 21.3 Å². The molecule has 1 rings (SSSR count). The van der Waals surface area contributed by atoms with E-state index in [0.717, 1.165) is 6.54 Å². The Kier molecular flexibility index (Phi) is 5.55. The minimum Gasteiger partial charge on any atom is -0.494 e. The van der Waals surface area contributed by atoms with Crippen molar-refractivity contribution >= 4 is 0 Å². The molecule has 1 atom stereocenters. The molecule has 0 aliphatic heterocycles. The lowest BCUT2D eigenvalue weighted by Crippen LogP contribution is -2.36. The number of ether oxygens (including phenoxy) is 1. The van der Waals surface area contributed by atoms with Gasteiger partial charge in [0.05, 0.1) is 7.11 Å². The third kappa shape index (κ3) is 4.35. The standard InChI is InChI=1S/C16H24FNO/c1-6-16(4,11-18-12(2)3)10-13-8-7-9-14(19-5)15(13)17/h6-9,12,18H,1,10-11H2,2-5H3. The Morgan fingerprint density at radius 1 is 1.47 bits per heavy atom. The number of nitrogens with one attached hydrogen (secondary N) is 1. The van der Waals surface area contributed by atoms with Crippen molar-refractivity contribution in [3.8, 4) is 5.75 Å². The highest BCUT2D eigenvalue weighted by atomic mass is 19.1. The van der Waals surface area contributed by atoms with Gasteiger partial charge in [0.25, 0.3) is 0 Å². The molecule has 0 heterocycles. The van der Waals surface area contributed by atoms with Gasteiger partial charge in [0, 0.05) is 18.0 Å². The first-order valence-electron chi connectivity index (χ1n) is 6.60. The summed E-state index contributed by atoms with van der Waals surface area (Å²) in [6.07, 6.45) is 2.49. The summed E-state index contributed by atoms with van der Waals surface area (Å²) in [4.78, 5) is 0. The van der Waals surface area contributed by atoms with E-state index >= 15 is 0 Å². The van der Waals surface area contributed by atoms with Gasteiger partial charge in [-0.25, -0.2) is 4.39 Å². The van der Waals surface area contributed by atoms with Gasteiger partial charge < -0.3 is 10.1 Å². The van der Waals surface area contributed by atoms with Crippen molar-refractivity contribution in [2.45, 2.75) is 33.2 Å². The average molecular weight is 265 g/mol. The van der Waals surface area contributed by atoms with Crippen LogP contribution < -0.4 is 10.1 Å². The molecule has 0 amide bonds. The number of hydrogen-bond acceptors (Lipinski definition) is 2. The van der Waals surface area contributed by atoms with Gasteiger partial charge in [-0.1, -0.05) is 39.0 Å². The van der Waals surface area contributed by atoms with Crippen molar-refractivity contribution in [2.24, 2.45) is 5.41 Å². The minimum absolute atomic E-state index is 0.183. The molecule has 0 aliphatic carbocycles. The molecule has 1 unspecified atom stereocenters. The first-order valence-corrected chi connectivity index (χ1v) is 6.60. The van der Waals surface area contributed by atoms with Gasteiger partial charge in [0.2, 0.25) is 0 Å². The summed E-state index contributed by atoms with van der Waals surface area (Å²) in [5.41, 5.74) is 0.476. The first kappa shape index (κ1) is 15.7. The van der Waals surface area contributed by atoms with Crippen molar-refractivity contribution in [1.82, 2.24) is 5.32 Å². The molecule has 0 saturated heterocycles. The SMILES string of the molecule is C=CC(C)(CNC(C)C)Cc1cccc(OC)c1F. The Hall–Kier alpha value is -1.35. The number of hydrogen-bond donors (Lipinski definition) is 1. The van der Waals surface area contributed by atoms with Crippen LogP contribution in [0.2, 0.25) is 0 Å². The van der Waals surface area contributed by atoms with Crippen molar-refractivity contribution in [3.05, 3.63) is 42.2 Å². The lowest BCUT2D eigenvalue weighted by molar-refractivity contribution is 0.357. The predicted octanol–water partition coefficient (Wildman–Crippen LogP) is 3.57. The van der Waals surface area contributed by atoms with Gasteiger partial charge in [-0.3, -0.25) is 0 Å². The smallest absolute Gasteiger partial charge is 0.168 e. The molecule has 0 aromatic heterocycles. The van der Waals surface area contributed by atoms with Crippen LogP contribution in [-0.2, 0) is 6.42 Å². The maximum absolute atomic E-state index is 14.2. The molecule has 1 aromatic carbocycles. The van der Waals surface area contributed by atoms with Gasteiger partial charge in [0.15, 0.2) is 11.6 Å². The number of methoxy groups -OCH3 is 1. The third-order valence-corrected chi connectivity index (χ3v) is 3.26. The third-order valence-electron chi connectivity index (χ3n) is 3.26. The van der Waals surface area contributed by atoms with Crippen LogP contribution >= 0.6 is 0 Å². The summed E-state index contributed by atoms with van der Waals surface area (Å²) in [5.74, 6) is 0.0170. The van der Waals surface area contributed by atoms with Crippen LogP contribution in [-0.4, -0.2) is 19.7 Å². The van der Waals surface area contributed by atoms with Crippen LogP contribution in [0.5, 0.6) is 5.75 Å². The number of benzene rings is 1. The van der Waals surface area contributed by atoms with E-state index in [4.69, 9.17) is 4.74 Å². The van der Waals surface area contributed by atoms with Crippen LogP contribution in [0.4, 0.5) is 4.39 Å². The summed E-state index contributed by atoms with van der Waals surface area (Å²) in [7, 11) is 1.48. The molecule has 0 bridgehead atoms. The molecule has 0 spiro atoms. The van der Waals surface area contributed by atoms with E-state index < -0.39 is 0 Å². The molecule has 1 aromatic rings. The van der Waals surface area contributed by atoms with E-state index in [0.29, 0.717) is 23.8 Å². The van der Waals surface area contributed by atoms with E-state index in [2.05, 4.69) is 32.7 Å². The van der Waals surface area contributed by atoms with E-state index in [9.17, 15) is 4.39 Å². The summed E-state index contributed by atoms with van der Waals surface area (Å²) >= 11 is 0. The molecule has 2 nitrogen and oxygen atoms in total. The molecule has 0 radical (unpaired) electrons. The Balaban J connectivity index is 2.89. The second-order valence-corrected chi connectivity index (χ2v) is 5.50. The Bertz CT molecular complexity index is 431. The quantitative estimate of drug-likeness (QED) is 0.761. The molecule has 0 aliphatic rings. The summed E-state index contributed by atoms with van der Waals surface area (Å²) in [5, 5.41) is 3.38. The summed E-state index contributed by atoms with van der Waals surface area (Å²) in [6, 6.07) is 5.65. The Morgan fingerprint density at radius 2 is 2.16 bits per heavy atom. The molecule has 0 fully saturated rings. The molecule has 0 saturated carbocycles. The molecule has 1 N–H and O–H groups in total. The molecule has 3 heteroatoms. The van der Waals surface area contributed by atoms with Crippen LogP contribution in [0.1, 0.15) is 26.3 Å². The van der Waals surface area contributed by atoms with Crippen LogP contribution in [0.3, 0.4) is 0 Å². The molecule has 19 heavy (non-hydrogen) atoms. The second kappa shape index (κ2) is 6.71. The lowest BCUT2D eigenvalue weighted by Gasteiger charge is -2.28. The van der Waals surface area contributed by atoms with Crippen LogP contribution in [0, 0.1) is 11.2 Å². The van der Waals surface area contributed by atoms with Gasteiger partial charge in [-0.2, -0.15) is 0 Å². The maximum atomic E-state index is 14.2. The zero-order valence-electron chi connectivity index (χ0n) is 12.3. The Labute approximate surface area is 115 Å². The average Bonchev–Trinajstić information content (AvgIpc) is 2.39. The molecule has 106 valence electrons. The highest BCUT2D eigenvalue weighted by Crippen LogP contribution is 2.28. The minimum atomic E-state index is -0.275. The van der Waals surface area contributed by atoms with Crippen molar-refractivity contribution in [2.75, 3.05) is 13.7 Å². The highest BCUT2D eigenvalue weighted by molar-refractivity contribution is 5.32. The van der Waals surface area contributed by atoms with Crippen molar-refractivity contribution in [3.63, 3.8) is 0 Å². The predicted molar refractivity (Wildman–Crippen MR) is 78.1 cm³/mol. The number of rotatable bonds is 7. The zero-order valence-corrected chi connectivity index (χ0v) is 12.3. The van der Waals surface area contributed by atoms with Gasteiger partial charge in [-0.15, -0.1) is 6.58 Å². The molecular formula is C16H24FNO. The first-order chi connectivity index (χ1) is 8.91. The normalized spacial score (nSPS) is 14.2. The van der Waals surface area contributed by atoms with Crippen LogP contribution in [0.15, 0.2) is 30.9 Å². The fourth-order valence-corrected chi connectivity index (χ4v) is 1.93. The van der Waals surface area contributed by atoms with Crippen molar-refractivity contribution < 1.29 is 9.13 Å². The van der Waals surface area contributed by atoms with E-state index in [1.54, 1.807) is 12.1 Å². The zero-order chi connectivity index (χ0) is 14.5. The number of halogens is 1. The maximum Gasteiger partial charge on any atom is 0.168 e. The van der Waals surface area contributed by atoms with E-state index in [1.165, 1.54) is 7.11 Å². The largest absolute Gasteiger partial charge is 0.494 e. The van der Waals surface area contributed by atoms with Crippen LogP contribution in [0.25, 0.3) is 0 Å². The van der Waals surface area contributed by atoms with Gasteiger partial charge in [-0.05, 0) is 18.1 Å². The monoisotopic (exact) mass is 265 g/mol. The summed E-state index contributed by atoms with van der Waals surface area (Å²) < 4.78 is 19.2. The lowest BCUT2D eigenvalue weighted by atomic mass is 9.83. The fraction of sp³-hybridized carbons (Fsp3) is 0.500. The van der Waals surface area contributed by atoms with Gasteiger partial charge in [0.1, 0.15) is 0 Å². The fourth-order valence-electron chi connectivity index (χ4n) is 1.93. The van der Waals surface area contributed by atoms with Crippen molar-refractivity contribution in [1.29, 1.82) is 0 Å². The second-order valence-electron chi connectivity index (χ2n) is 5.50. The van der Waals surface area contributed by atoms with E-state index in [1.807, 2.05) is 12.1 Å². The van der Waals surface area contributed by atoms with Gasteiger partial charge >= 0.3 is 0 Å². The highest BCUT2D eigenvalue weighted by Gasteiger charge is 2.23.